The highest BCUT2D eigenvalue weighted by atomic mass is 16.5. The van der Waals surface area contributed by atoms with Gasteiger partial charge in [0.15, 0.2) is 0 Å². The van der Waals surface area contributed by atoms with Gasteiger partial charge in [-0.25, -0.2) is 4.79 Å². The van der Waals surface area contributed by atoms with E-state index in [0.29, 0.717) is 12.2 Å². The second-order valence-electron chi connectivity index (χ2n) is 7.21. The lowest BCUT2D eigenvalue weighted by atomic mass is 10.1. The van der Waals surface area contributed by atoms with Crippen molar-refractivity contribution < 1.29 is 9.53 Å². The fourth-order valence-corrected chi connectivity index (χ4v) is 2.95. The molecule has 0 atom stereocenters. The molecule has 0 saturated heterocycles. The van der Waals surface area contributed by atoms with Crippen LogP contribution >= 0.6 is 0 Å². The summed E-state index contributed by atoms with van der Waals surface area (Å²) in [6.45, 7) is 2.30. The van der Waals surface area contributed by atoms with Crippen LogP contribution in [0.25, 0.3) is 0 Å². The van der Waals surface area contributed by atoms with E-state index in [0.717, 1.165) is 56.3 Å². The highest BCUT2D eigenvalue weighted by molar-refractivity contribution is 5.87. The molecule has 4 N–H and O–H groups in total. The van der Waals surface area contributed by atoms with E-state index in [9.17, 15) is 4.79 Å². The van der Waals surface area contributed by atoms with Gasteiger partial charge in [-0.15, -0.1) is 0 Å². The second kappa shape index (κ2) is 11.9. The maximum atomic E-state index is 12.0. The summed E-state index contributed by atoms with van der Waals surface area (Å²) < 4.78 is 5.36. The number of ether oxygens (including phenoxy) is 1. The van der Waals surface area contributed by atoms with Crippen LogP contribution in [-0.2, 0) is 22.4 Å². The standard InChI is InChI=1S/C24H32N2O2/c1-19(7-3-2-4-8-20-10-14-22(25)15-11-20)24(27)28-18-6-5-9-21-12-16-23(26)17-13-21/h7,10-17H,2-6,8-9,18,25-26H2,1H3. The zero-order chi connectivity index (χ0) is 20.2. The number of nitrogens with two attached hydrogens (primary N) is 2. The number of allylic oxidation sites excluding steroid dienone is 1. The normalized spacial score (nSPS) is 11.4. The maximum Gasteiger partial charge on any atom is 0.333 e. The van der Waals surface area contributed by atoms with Gasteiger partial charge in [-0.05, 0) is 87.3 Å². The second-order valence-corrected chi connectivity index (χ2v) is 7.21. The maximum absolute atomic E-state index is 12.0. The first kappa shape index (κ1) is 21.5. The Bertz CT molecular complexity index is 749. The van der Waals surface area contributed by atoms with Gasteiger partial charge in [0.05, 0.1) is 6.61 Å². The van der Waals surface area contributed by atoms with Crippen LogP contribution in [0.2, 0.25) is 0 Å². The van der Waals surface area contributed by atoms with Crippen LogP contribution < -0.4 is 11.5 Å². The Morgan fingerprint density at radius 1 is 0.821 bits per heavy atom. The molecule has 0 aromatic heterocycles. The van der Waals surface area contributed by atoms with Gasteiger partial charge in [-0.2, -0.15) is 0 Å². The molecule has 28 heavy (non-hydrogen) atoms. The Labute approximate surface area is 168 Å². The minimum absolute atomic E-state index is 0.203. The fraction of sp³-hybridized carbons (Fsp3) is 0.375. The number of benzene rings is 2. The molecule has 4 nitrogen and oxygen atoms in total. The average molecular weight is 381 g/mol. The molecule has 150 valence electrons. The number of nitrogen functional groups attached to an aromatic ring is 2. The van der Waals surface area contributed by atoms with E-state index >= 15 is 0 Å². The monoisotopic (exact) mass is 380 g/mol. The van der Waals surface area contributed by atoms with Crippen molar-refractivity contribution in [2.24, 2.45) is 0 Å². The van der Waals surface area contributed by atoms with E-state index in [1.807, 2.05) is 49.4 Å². The zero-order valence-electron chi connectivity index (χ0n) is 16.8. The number of aryl methyl sites for hydroxylation is 2. The topological polar surface area (TPSA) is 78.3 Å². The highest BCUT2D eigenvalue weighted by Crippen LogP contribution is 2.12. The first-order valence-electron chi connectivity index (χ1n) is 10.1. The lowest BCUT2D eigenvalue weighted by Crippen LogP contribution is -2.07. The van der Waals surface area contributed by atoms with E-state index in [4.69, 9.17) is 16.2 Å². The van der Waals surface area contributed by atoms with Crippen LogP contribution in [0.15, 0.2) is 60.2 Å². The van der Waals surface area contributed by atoms with Crippen molar-refractivity contribution in [2.45, 2.75) is 51.9 Å². The number of anilines is 2. The third kappa shape index (κ3) is 8.30. The van der Waals surface area contributed by atoms with Gasteiger partial charge in [-0.3, -0.25) is 0 Å². The van der Waals surface area contributed by atoms with Gasteiger partial charge in [0.25, 0.3) is 0 Å². The molecule has 0 aliphatic rings. The third-order valence-corrected chi connectivity index (χ3v) is 4.74. The summed E-state index contributed by atoms with van der Waals surface area (Å²) in [4.78, 5) is 12.0. The van der Waals surface area contributed by atoms with Crippen molar-refractivity contribution in [3.63, 3.8) is 0 Å². The van der Waals surface area contributed by atoms with E-state index in [1.165, 1.54) is 11.1 Å². The third-order valence-electron chi connectivity index (χ3n) is 4.74. The molecular formula is C24H32N2O2. The summed E-state index contributed by atoms with van der Waals surface area (Å²) >= 11 is 0. The molecule has 0 aliphatic carbocycles. The predicted octanol–water partition coefficient (Wildman–Crippen LogP) is 5.08. The molecular weight excluding hydrogens is 348 g/mol. The molecule has 0 heterocycles. The van der Waals surface area contributed by atoms with Gasteiger partial charge < -0.3 is 16.2 Å². The molecule has 2 aromatic carbocycles. The van der Waals surface area contributed by atoms with Crippen molar-refractivity contribution in [1.29, 1.82) is 0 Å². The number of esters is 1. The molecule has 0 aliphatic heterocycles. The average Bonchev–Trinajstić information content (AvgIpc) is 2.70. The minimum atomic E-state index is -0.203. The van der Waals surface area contributed by atoms with Crippen LogP contribution in [-0.4, -0.2) is 12.6 Å². The minimum Gasteiger partial charge on any atom is -0.462 e. The van der Waals surface area contributed by atoms with Gasteiger partial charge in [-0.1, -0.05) is 30.3 Å². The van der Waals surface area contributed by atoms with E-state index in [-0.39, 0.29) is 5.97 Å². The summed E-state index contributed by atoms with van der Waals surface area (Å²) in [7, 11) is 0. The fourth-order valence-electron chi connectivity index (χ4n) is 2.95. The SMILES string of the molecule is CC(=CCCCCc1ccc(N)cc1)C(=O)OCCCCc1ccc(N)cc1. The van der Waals surface area contributed by atoms with E-state index in [2.05, 4.69) is 12.1 Å². The predicted molar refractivity (Wildman–Crippen MR) is 117 cm³/mol. The Balaban J connectivity index is 1.54. The molecule has 0 radical (unpaired) electrons. The van der Waals surface area contributed by atoms with E-state index < -0.39 is 0 Å². The largest absolute Gasteiger partial charge is 0.462 e. The Kier molecular flexibility index (Phi) is 9.13. The van der Waals surface area contributed by atoms with E-state index in [1.54, 1.807) is 0 Å². The van der Waals surface area contributed by atoms with Crippen molar-refractivity contribution >= 4 is 17.3 Å². The number of unbranched alkanes of at least 4 members (excludes halogenated alkanes) is 3. The number of hydrogen-bond donors (Lipinski definition) is 2. The molecule has 0 unspecified atom stereocenters. The smallest absolute Gasteiger partial charge is 0.333 e. The lowest BCUT2D eigenvalue weighted by Gasteiger charge is -2.06. The quantitative estimate of drug-likeness (QED) is 0.247. The van der Waals surface area contributed by atoms with Crippen LogP contribution in [0.5, 0.6) is 0 Å². The lowest BCUT2D eigenvalue weighted by molar-refractivity contribution is -0.139. The van der Waals surface area contributed by atoms with Crippen LogP contribution in [0, 0.1) is 0 Å². The summed E-state index contributed by atoms with van der Waals surface area (Å²) in [5.41, 5.74) is 16.2. The summed E-state index contributed by atoms with van der Waals surface area (Å²) in [5.74, 6) is -0.203. The van der Waals surface area contributed by atoms with Crippen molar-refractivity contribution in [3.05, 3.63) is 71.3 Å². The first-order valence-corrected chi connectivity index (χ1v) is 10.1. The Hall–Kier alpha value is -2.75. The van der Waals surface area contributed by atoms with Crippen LogP contribution in [0.1, 0.15) is 50.2 Å². The summed E-state index contributed by atoms with van der Waals surface area (Å²) in [6.07, 6.45) is 8.89. The molecule has 0 amide bonds. The molecule has 0 spiro atoms. The number of hydrogen-bond acceptors (Lipinski definition) is 4. The number of carbonyl (C=O) groups is 1. The van der Waals surface area contributed by atoms with Crippen LogP contribution in [0.3, 0.4) is 0 Å². The Morgan fingerprint density at radius 2 is 1.32 bits per heavy atom. The molecule has 2 rings (SSSR count). The first-order chi connectivity index (χ1) is 13.5. The van der Waals surface area contributed by atoms with Gasteiger partial charge in [0, 0.05) is 16.9 Å². The highest BCUT2D eigenvalue weighted by Gasteiger charge is 2.05. The van der Waals surface area contributed by atoms with Gasteiger partial charge in [0.1, 0.15) is 0 Å². The summed E-state index contributed by atoms with van der Waals surface area (Å²) in [5, 5.41) is 0. The van der Waals surface area contributed by atoms with Gasteiger partial charge >= 0.3 is 5.97 Å². The van der Waals surface area contributed by atoms with Gasteiger partial charge in [0.2, 0.25) is 0 Å². The number of rotatable bonds is 11. The summed E-state index contributed by atoms with van der Waals surface area (Å²) in [6, 6.07) is 15.9. The zero-order valence-corrected chi connectivity index (χ0v) is 16.8. The van der Waals surface area contributed by atoms with Crippen molar-refractivity contribution in [1.82, 2.24) is 0 Å². The molecule has 4 heteroatoms. The molecule has 2 aromatic rings. The van der Waals surface area contributed by atoms with Crippen molar-refractivity contribution in [3.8, 4) is 0 Å². The van der Waals surface area contributed by atoms with Crippen LogP contribution in [0.4, 0.5) is 11.4 Å². The Morgan fingerprint density at radius 3 is 1.86 bits per heavy atom. The van der Waals surface area contributed by atoms with Crippen molar-refractivity contribution in [2.75, 3.05) is 18.1 Å². The number of carbonyl (C=O) groups excluding carboxylic acids is 1. The molecule has 0 fully saturated rings. The molecule has 0 bridgehead atoms. The molecule has 0 saturated carbocycles.